The Morgan fingerprint density at radius 2 is 1.75 bits per heavy atom. The highest BCUT2D eigenvalue weighted by Gasteiger charge is 2.11. The van der Waals surface area contributed by atoms with Crippen LogP contribution in [0.1, 0.15) is 16.8 Å². The van der Waals surface area contributed by atoms with Gasteiger partial charge in [-0.05, 0) is 62.7 Å². The van der Waals surface area contributed by atoms with Gasteiger partial charge in [-0.25, -0.2) is 13.8 Å². The molecule has 0 spiro atoms. The van der Waals surface area contributed by atoms with Crippen LogP contribution in [-0.2, 0) is 19.3 Å². The van der Waals surface area contributed by atoms with Gasteiger partial charge in [0.25, 0.3) is 0 Å². The molecule has 0 amide bonds. The van der Waals surface area contributed by atoms with Gasteiger partial charge in [0.05, 0.1) is 0 Å². The first kappa shape index (κ1) is 22.6. The van der Waals surface area contributed by atoms with Crippen LogP contribution in [0.4, 0.5) is 14.6 Å². The molecule has 0 unspecified atom stereocenters. The van der Waals surface area contributed by atoms with Crippen LogP contribution in [0.5, 0.6) is 0 Å². The molecule has 0 atom stereocenters. The van der Waals surface area contributed by atoms with E-state index in [0.717, 1.165) is 17.8 Å². The van der Waals surface area contributed by atoms with Crippen molar-refractivity contribution >= 4 is 30.6 Å². The Morgan fingerprint density at radius 1 is 1.04 bits per heavy atom. The van der Waals surface area contributed by atoms with Crippen LogP contribution in [-0.4, -0.2) is 30.5 Å². The number of nitrogens with two attached hydrogens (primary N) is 1. The molecule has 2 N–H and O–H groups in total. The van der Waals surface area contributed by atoms with Gasteiger partial charge < -0.3 is 10.6 Å². The molecule has 1 heterocycles. The van der Waals surface area contributed by atoms with Crippen molar-refractivity contribution in [3.63, 3.8) is 0 Å². The largest absolute Gasteiger partial charge is 0.384 e. The molecule has 1 aromatic heterocycles. The highest BCUT2D eigenvalue weighted by molar-refractivity contribution is 5.85. The minimum atomic E-state index is -0.785. The van der Waals surface area contributed by atoms with E-state index in [4.69, 9.17) is 5.73 Å². The highest BCUT2D eigenvalue weighted by Crippen LogP contribution is 2.18. The molecular weight excluding hydrogens is 355 g/mol. The van der Waals surface area contributed by atoms with E-state index in [1.165, 1.54) is 6.07 Å². The number of halogens is 4. The van der Waals surface area contributed by atoms with E-state index in [0.29, 0.717) is 30.6 Å². The van der Waals surface area contributed by atoms with Gasteiger partial charge in [0, 0.05) is 12.2 Å². The molecule has 0 fully saturated rings. The second kappa shape index (κ2) is 10.4. The lowest BCUT2D eigenvalue weighted by molar-refractivity contribution is 0.412. The number of hydrogen-bond acceptors (Lipinski definition) is 3. The van der Waals surface area contributed by atoms with Crippen LogP contribution < -0.4 is 5.73 Å². The monoisotopic (exact) mass is 377 g/mol. The summed E-state index contributed by atoms with van der Waals surface area (Å²) in [4.78, 5) is 6.19. The van der Waals surface area contributed by atoms with E-state index in [9.17, 15) is 8.78 Å². The minimum Gasteiger partial charge on any atom is -0.384 e. The molecule has 0 aliphatic heterocycles. The first-order chi connectivity index (χ1) is 10.5. The molecular formula is C17H23Cl2F2N3. The predicted octanol–water partition coefficient (Wildman–Crippen LogP) is 3.67. The maximum absolute atomic E-state index is 13.9. The summed E-state index contributed by atoms with van der Waals surface area (Å²) in [5.74, 6) is -1.12. The Bertz CT molecular complexity index is 652. The summed E-state index contributed by atoms with van der Waals surface area (Å²) in [6, 6.07) is 8.36. The molecule has 0 radical (unpaired) electrons. The summed E-state index contributed by atoms with van der Waals surface area (Å²) in [6.07, 6.45) is 1.61. The molecule has 0 aliphatic carbocycles. The van der Waals surface area contributed by atoms with Gasteiger partial charge in [0.2, 0.25) is 0 Å². The van der Waals surface area contributed by atoms with Crippen LogP contribution >= 0.6 is 24.8 Å². The number of rotatable bonds is 6. The van der Waals surface area contributed by atoms with E-state index in [1.54, 1.807) is 12.1 Å². The van der Waals surface area contributed by atoms with Gasteiger partial charge in [0.15, 0.2) is 11.6 Å². The van der Waals surface area contributed by atoms with Crippen LogP contribution in [0.2, 0.25) is 0 Å². The van der Waals surface area contributed by atoms with Crippen LogP contribution in [0.25, 0.3) is 0 Å². The van der Waals surface area contributed by atoms with Crippen LogP contribution in [0.15, 0.2) is 30.3 Å². The lowest BCUT2D eigenvalue weighted by atomic mass is 10.0. The lowest BCUT2D eigenvalue weighted by Crippen LogP contribution is -2.15. The third-order valence-corrected chi connectivity index (χ3v) is 3.49. The molecule has 1 aromatic carbocycles. The fourth-order valence-electron chi connectivity index (χ4n) is 2.29. The van der Waals surface area contributed by atoms with Crippen molar-refractivity contribution in [1.82, 2.24) is 9.88 Å². The summed E-state index contributed by atoms with van der Waals surface area (Å²) in [6.45, 7) is 0.793. The summed E-state index contributed by atoms with van der Waals surface area (Å²) >= 11 is 0. The molecule has 2 aromatic rings. The number of aryl methyl sites for hydroxylation is 2. The van der Waals surface area contributed by atoms with Crippen LogP contribution in [0, 0.1) is 11.6 Å². The third-order valence-electron chi connectivity index (χ3n) is 3.49. The standard InChI is InChI=1S/C17H21F2N3.2ClH/c1-22(2)9-8-12-10-13(17(19)15(18)11-12)6-7-14-4-3-5-16(20)21-14;;/h3-5,10-11H,6-9H2,1-2H3,(H2,20,21);2*1H. The molecule has 24 heavy (non-hydrogen) atoms. The number of aromatic nitrogens is 1. The average Bonchev–Trinajstić information content (AvgIpc) is 2.47. The van der Waals surface area contributed by atoms with Crippen molar-refractivity contribution in [3.05, 3.63) is 58.8 Å². The quantitative estimate of drug-likeness (QED) is 0.834. The summed E-state index contributed by atoms with van der Waals surface area (Å²) in [5.41, 5.74) is 7.60. The Labute approximate surface area is 154 Å². The van der Waals surface area contributed by atoms with Crippen molar-refractivity contribution in [3.8, 4) is 0 Å². The van der Waals surface area contributed by atoms with Gasteiger partial charge in [-0.3, -0.25) is 0 Å². The van der Waals surface area contributed by atoms with E-state index >= 15 is 0 Å². The van der Waals surface area contributed by atoms with Gasteiger partial charge in [0.1, 0.15) is 5.82 Å². The van der Waals surface area contributed by atoms with E-state index in [1.807, 2.05) is 31.1 Å². The number of likely N-dealkylation sites (N-methyl/N-ethyl adjacent to an activating group) is 1. The zero-order valence-electron chi connectivity index (χ0n) is 13.8. The summed E-state index contributed by atoms with van der Waals surface area (Å²) < 4.78 is 27.7. The van der Waals surface area contributed by atoms with Crippen molar-refractivity contribution in [2.75, 3.05) is 26.4 Å². The van der Waals surface area contributed by atoms with E-state index < -0.39 is 11.6 Å². The fourth-order valence-corrected chi connectivity index (χ4v) is 2.29. The van der Waals surface area contributed by atoms with Gasteiger partial charge in [-0.15, -0.1) is 24.8 Å². The molecule has 3 nitrogen and oxygen atoms in total. The van der Waals surface area contributed by atoms with Crippen molar-refractivity contribution < 1.29 is 8.78 Å². The van der Waals surface area contributed by atoms with Crippen molar-refractivity contribution in [2.24, 2.45) is 0 Å². The highest BCUT2D eigenvalue weighted by atomic mass is 35.5. The number of hydrogen-bond donors (Lipinski definition) is 1. The van der Waals surface area contributed by atoms with Crippen molar-refractivity contribution in [2.45, 2.75) is 19.3 Å². The zero-order chi connectivity index (χ0) is 16.1. The van der Waals surface area contributed by atoms with Gasteiger partial charge in [-0.1, -0.05) is 12.1 Å². The third kappa shape index (κ3) is 6.59. The predicted molar refractivity (Wildman–Crippen MR) is 99.2 cm³/mol. The molecule has 0 bridgehead atoms. The van der Waals surface area contributed by atoms with Gasteiger partial charge >= 0.3 is 0 Å². The van der Waals surface area contributed by atoms with E-state index in [2.05, 4.69) is 4.98 Å². The van der Waals surface area contributed by atoms with E-state index in [-0.39, 0.29) is 24.8 Å². The molecule has 7 heteroatoms. The normalized spacial score (nSPS) is 10.2. The molecule has 0 saturated carbocycles. The number of anilines is 1. The SMILES string of the molecule is CN(C)CCc1cc(F)c(F)c(CCc2cccc(N)n2)c1.Cl.Cl. The molecule has 134 valence electrons. The maximum atomic E-state index is 13.9. The first-order valence-electron chi connectivity index (χ1n) is 7.28. The minimum absolute atomic E-state index is 0. The Kier molecular flexibility index (Phi) is 9.82. The second-order valence-electron chi connectivity index (χ2n) is 5.66. The smallest absolute Gasteiger partial charge is 0.162 e. The Morgan fingerprint density at radius 3 is 2.38 bits per heavy atom. The lowest BCUT2D eigenvalue weighted by Gasteiger charge is -2.11. The number of benzene rings is 1. The second-order valence-corrected chi connectivity index (χ2v) is 5.66. The summed E-state index contributed by atoms with van der Waals surface area (Å²) in [5, 5.41) is 0. The maximum Gasteiger partial charge on any atom is 0.162 e. The van der Waals surface area contributed by atoms with Crippen molar-refractivity contribution in [1.29, 1.82) is 0 Å². The van der Waals surface area contributed by atoms with Crippen LogP contribution in [0.3, 0.4) is 0 Å². The fraction of sp³-hybridized carbons (Fsp3) is 0.353. The Hall–Kier alpha value is -1.43. The number of nitrogen functional groups attached to an aromatic ring is 1. The van der Waals surface area contributed by atoms with Gasteiger partial charge in [-0.2, -0.15) is 0 Å². The average molecular weight is 378 g/mol. The zero-order valence-corrected chi connectivity index (χ0v) is 15.4. The number of pyridine rings is 1. The molecule has 2 rings (SSSR count). The topological polar surface area (TPSA) is 42.1 Å². The molecule has 0 aliphatic rings. The number of nitrogens with zero attached hydrogens (tertiary/aromatic N) is 2. The summed E-state index contributed by atoms with van der Waals surface area (Å²) in [7, 11) is 3.90. The first-order valence-corrected chi connectivity index (χ1v) is 7.28. The Balaban J connectivity index is 0.00000264. The molecule has 0 saturated heterocycles.